The third kappa shape index (κ3) is 5.74. The third-order valence-corrected chi connectivity index (χ3v) is 6.65. The number of amides is 2. The second kappa shape index (κ2) is 10.7. The summed E-state index contributed by atoms with van der Waals surface area (Å²) in [6, 6.07) is 16.6. The number of piperidine rings is 1. The van der Waals surface area contributed by atoms with Crippen molar-refractivity contribution in [2.75, 3.05) is 39.3 Å². The van der Waals surface area contributed by atoms with E-state index in [1.54, 1.807) is 23.1 Å². The molecule has 0 bridgehead atoms. The van der Waals surface area contributed by atoms with Gasteiger partial charge in [-0.25, -0.2) is 4.39 Å². The van der Waals surface area contributed by atoms with Crippen LogP contribution >= 0.6 is 0 Å². The summed E-state index contributed by atoms with van der Waals surface area (Å²) >= 11 is 0. The average molecular weight is 438 g/mol. The van der Waals surface area contributed by atoms with Crippen LogP contribution in [0, 0.1) is 11.7 Å². The smallest absolute Gasteiger partial charge is 0.256 e. The van der Waals surface area contributed by atoms with E-state index in [1.165, 1.54) is 11.6 Å². The molecule has 2 aromatic rings. The Kier molecular flexibility index (Phi) is 7.53. The highest BCUT2D eigenvalue weighted by molar-refractivity contribution is 5.94. The molecule has 0 radical (unpaired) electrons. The van der Waals surface area contributed by atoms with Gasteiger partial charge in [0.15, 0.2) is 0 Å². The van der Waals surface area contributed by atoms with E-state index in [9.17, 15) is 14.0 Å². The average Bonchev–Trinajstić information content (AvgIpc) is 2.84. The molecular formula is C26H32FN3O2. The first-order chi connectivity index (χ1) is 15.6. The molecule has 170 valence electrons. The van der Waals surface area contributed by atoms with Crippen molar-refractivity contribution in [3.8, 4) is 0 Å². The minimum atomic E-state index is -0.471. The van der Waals surface area contributed by atoms with Crippen LogP contribution in [0.25, 0.3) is 0 Å². The fourth-order valence-corrected chi connectivity index (χ4v) is 4.77. The second-order valence-corrected chi connectivity index (χ2v) is 8.92. The van der Waals surface area contributed by atoms with Crippen LogP contribution in [0.4, 0.5) is 4.39 Å². The molecule has 0 spiro atoms. The van der Waals surface area contributed by atoms with Crippen LogP contribution in [0.3, 0.4) is 0 Å². The molecule has 2 saturated heterocycles. The maximum Gasteiger partial charge on any atom is 0.256 e. The highest BCUT2D eigenvalue weighted by Gasteiger charge is 2.27. The van der Waals surface area contributed by atoms with Crippen LogP contribution in [0.5, 0.6) is 0 Å². The Balaban J connectivity index is 1.21. The van der Waals surface area contributed by atoms with Crippen LogP contribution in [0.15, 0.2) is 54.6 Å². The number of hydrogen-bond donors (Lipinski definition) is 0. The Labute approximate surface area is 189 Å². The number of carbonyl (C=O) groups excluding carboxylic acids is 2. The lowest BCUT2D eigenvalue weighted by Gasteiger charge is -2.36. The molecule has 2 fully saturated rings. The molecule has 6 heteroatoms. The molecule has 2 aromatic carbocycles. The van der Waals surface area contributed by atoms with E-state index in [1.807, 2.05) is 11.0 Å². The van der Waals surface area contributed by atoms with Gasteiger partial charge in [-0.3, -0.25) is 14.5 Å². The van der Waals surface area contributed by atoms with E-state index < -0.39 is 5.82 Å². The van der Waals surface area contributed by atoms with E-state index in [0.29, 0.717) is 25.4 Å². The predicted octanol–water partition coefficient (Wildman–Crippen LogP) is 3.80. The Morgan fingerprint density at radius 3 is 2.34 bits per heavy atom. The molecule has 2 aliphatic rings. The monoisotopic (exact) mass is 437 g/mol. The maximum atomic E-state index is 14.0. The fourth-order valence-electron chi connectivity index (χ4n) is 4.77. The highest BCUT2D eigenvalue weighted by atomic mass is 19.1. The number of likely N-dealkylation sites (tertiary alicyclic amines) is 1. The summed E-state index contributed by atoms with van der Waals surface area (Å²) in [7, 11) is 0. The standard InChI is InChI=1S/C26H32FN3O2/c27-24-11-5-4-10-23(24)26(32)30-14-6-9-22(20-30)12-13-25(31)29-17-15-28(16-18-29)19-21-7-2-1-3-8-21/h1-5,7-8,10-11,22H,6,9,12-20H2/t22-/m1/s1. The quantitative estimate of drug-likeness (QED) is 0.691. The molecule has 32 heavy (non-hydrogen) atoms. The molecule has 0 N–H and O–H groups in total. The molecule has 5 nitrogen and oxygen atoms in total. The van der Waals surface area contributed by atoms with Gasteiger partial charge in [0.2, 0.25) is 5.91 Å². The van der Waals surface area contributed by atoms with E-state index in [0.717, 1.165) is 52.0 Å². The van der Waals surface area contributed by atoms with Gasteiger partial charge in [-0.1, -0.05) is 42.5 Å². The summed E-state index contributed by atoms with van der Waals surface area (Å²) in [5.74, 6) is -0.209. The van der Waals surface area contributed by atoms with Gasteiger partial charge in [0.05, 0.1) is 5.56 Å². The molecule has 0 saturated carbocycles. The SMILES string of the molecule is O=C(CC[C@H]1CCCN(C(=O)c2ccccc2F)C1)N1CCN(Cc2ccccc2)CC1. The van der Waals surface area contributed by atoms with Crippen molar-refractivity contribution in [1.82, 2.24) is 14.7 Å². The van der Waals surface area contributed by atoms with E-state index >= 15 is 0 Å². The molecule has 0 aliphatic carbocycles. The fraction of sp³-hybridized carbons (Fsp3) is 0.462. The largest absolute Gasteiger partial charge is 0.340 e. The molecule has 1 atom stereocenters. The van der Waals surface area contributed by atoms with E-state index in [2.05, 4.69) is 29.2 Å². The van der Waals surface area contributed by atoms with Gasteiger partial charge in [0.25, 0.3) is 5.91 Å². The summed E-state index contributed by atoms with van der Waals surface area (Å²) in [5.41, 5.74) is 1.44. The second-order valence-electron chi connectivity index (χ2n) is 8.92. The van der Waals surface area contributed by atoms with Crippen molar-refractivity contribution < 1.29 is 14.0 Å². The van der Waals surface area contributed by atoms with Gasteiger partial charge in [0, 0.05) is 52.2 Å². The van der Waals surface area contributed by atoms with Crippen molar-refractivity contribution in [3.05, 3.63) is 71.5 Å². The zero-order chi connectivity index (χ0) is 22.3. The summed E-state index contributed by atoms with van der Waals surface area (Å²) in [4.78, 5) is 31.6. The minimum absolute atomic E-state index is 0.137. The van der Waals surface area contributed by atoms with Gasteiger partial charge in [0.1, 0.15) is 5.82 Å². The first-order valence-corrected chi connectivity index (χ1v) is 11.7. The van der Waals surface area contributed by atoms with Crippen molar-refractivity contribution in [2.45, 2.75) is 32.2 Å². The first-order valence-electron chi connectivity index (χ1n) is 11.7. The van der Waals surface area contributed by atoms with Crippen molar-refractivity contribution in [3.63, 3.8) is 0 Å². The summed E-state index contributed by atoms with van der Waals surface area (Å²) in [6.45, 7) is 5.52. The Morgan fingerprint density at radius 1 is 0.875 bits per heavy atom. The van der Waals surface area contributed by atoms with Crippen LogP contribution in [-0.2, 0) is 11.3 Å². The summed E-state index contributed by atoms with van der Waals surface area (Å²) < 4.78 is 14.0. The maximum absolute atomic E-state index is 14.0. The Morgan fingerprint density at radius 2 is 1.59 bits per heavy atom. The number of nitrogens with zero attached hydrogens (tertiary/aromatic N) is 3. The number of halogens is 1. The summed E-state index contributed by atoms with van der Waals surface area (Å²) in [6.07, 6.45) is 3.21. The van der Waals surface area contributed by atoms with Gasteiger partial charge < -0.3 is 9.80 Å². The normalized spacial score (nSPS) is 19.7. The van der Waals surface area contributed by atoms with E-state index in [4.69, 9.17) is 0 Å². The first kappa shape index (κ1) is 22.5. The Bertz CT molecular complexity index is 912. The third-order valence-electron chi connectivity index (χ3n) is 6.65. The van der Waals surface area contributed by atoms with Crippen molar-refractivity contribution >= 4 is 11.8 Å². The van der Waals surface area contributed by atoms with Crippen molar-refractivity contribution in [1.29, 1.82) is 0 Å². The summed E-state index contributed by atoms with van der Waals surface area (Å²) in [5, 5.41) is 0. The number of carbonyl (C=O) groups is 2. The minimum Gasteiger partial charge on any atom is -0.340 e. The van der Waals surface area contributed by atoms with Crippen LogP contribution in [-0.4, -0.2) is 65.8 Å². The van der Waals surface area contributed by atoms with Crippen LogP contribution < -0.4 is 0 Å². The molecule has 0 aromatic heterocycles. The topological polar surface area (TPSA) is 43.9 Å². The number of rotatable bonds is 6. The molecule has 0 unspecified atom stereocenters. The molecule has 2 aliphatic heterocycles. The van der Waals surface area contributed by atoms with E-state index in [-0.39, 0.29) is 17.4 Å². The Hall–Kier alpha value is -2.73. The van der Waals surface area contributed by atoms with Gasteiger partial charge in [-0.15, -0.1) is 0 Å². The zero-order valence-electron chi connectivity index (χ0n) is 18.6. The lowest BCUT2D eigenvalue weighted by molar-refractivity contribution is -0.133. The zero-order valence-corrected chi connectivity index (χ0v) is 18.6. The van der Waals surface area contributed by atoms with Gasteiger partial charge in [-0.2, -0.15) is 0 Å². The lowest BCUT2D eigenvalue weighted by Crippen LogP contribution is -2.48. The number of hydrogen-bond acceptors (Lipinski definition) is 3. The molecule has 2 heterocycles. The highest BCUT2D eigenvalue weighted by Crippen LogP contribution is 2.24. The van der Waals surface area contributed by atoms with Crippen LogP contribution in [0.1, 0.15) is 41.6 Å². The van der Waals surface area contributed by atoms with Gasteiger partial charge in [-0.05, 0) is 42.9 Å². The lowest BCUT2D eigenvalue weighted by atomic mass is 9.92. The number of piperazine rings is 1. The predicted molar refractivity (Wildman–Crippen MR) is 123 cm³/mol. The molecule has 2 amide bonds. The molecular weight excluding hydrogens is 405 g/mol. The van der Waals surface area contributed by atoms with Crippen molar-refractivity contribution in [2.24, 2.45) is 5.92 Å². The molecule has 4 rings (SSSR count). The van der Waals surface area contributed by atoms with Crippen LogP contribution in [0.2, 0.25) is 0 Å². The van der Waals surface area contributed by atoms with Gasteiger partial charge >= 0.3 is 0 Å². The number of benzene rings is 2.